The zero-order valence-electron chi connectivity index (χ0n) is 17.3. The minimum Gasteiger partial charge on any atom is -0.550 e. The van der Waals surface area contributed by atoms with E-state index in [2.05, 4.69) is 71.6 Å². The summed E-state index contributed by atoms with van der Waals surface area (Å²) in [5.74, 6) is -0.925. The van der Waals surface area contributed by atoms with Crippen LogP contribution < -0.4 is 5.11 Å². The van der Waals surface area contributed by atoms with E-state index in [-0.39, 0.29) is 6.42 Å². The van der Waals surface area contributed by atoms with E-state index in [4.69, 9.17) is 0 Å². The average molecular weight is 352 g/mol. The van der Waals surface area contributed by atoms with E-state index in [1.807, 2.05) is 0 Å². The zero-order chi connectivity index (χ0) is 19.4. The Bertz CT molecular complexity index is 370. The lowest BCUT2D eigenvalue weighted by Gasteiger charge is -2.14. The van der Waals surface area contributed by atoms with Crippen LogP contribution in [0.4, 0.5) is 0 Å². The van der Waals surface area contributed by atoms with Crippen molar-refractivity contribution in [3.05, 3.63) is 36.5 Å². The van der Waals surface area contributed by atoms with Crippen molar-refractivity contribution in [1.29, 1.82) is 0 Å². The van der Waals surface area contributed by atoms with E-state index in [0.29, 0.717) is 0 Å². The topological polar surface area (TPSA) is 40.1 Å². The molecule has 3 nitrogen and oxygen atoms in total. The Morgan fingerprint density at radius 2 is 1.20 bits per heavy atom. The molecular weight excluding hydrogens is 310 g/mol. The van der Waals surface area contributed by atoms with Crippen molar-refractivity contribution in [1.82, 2.24) is 0 Å². The summed E-state index contributed by atoms with van der Waals surface area (Å²) in [5, 5.41) is 10.2. The van der Waals surface area contributed by atoms with Gasteiger partial charge in [-0.25, -0.2) is 0 Å². The number of nitrogens with zero attached hydrogens (tertiary/aromatic N) is 1. The van der Waals surface area contributed by atoms with Crippen LogP contribution in [-0.2, 0) is 4.79 Å². The highest BCUT2D eigenvalue weighted by Crippen LogP contribution is 2.07. The third-order valence-electron chi connectivity index (χ3n) is 3.03. The van der Waals surface area contributed by atoms with Gasteiger partial charge in [-0.3, -0.25) is 0 Å². The molecule has 0 saturated carbocycles. The number of rotatable bonds is 13. The number of quaternary nitrogens is 1. The van der Waals surface area contributed by atoms with Gasteiger partial charge in [-0.05, 0) is 44.9 Å². The summed E-state index contributed by atoms with van der Waals surface area (Å²) in [5.41, 5.74) is 0. The molecule has 0 aliphatic rings. The summed E-state index contributed by atoms with van der Waals surface area (Å²) in [7, 11) is 8.50. The standard InChI is InChI=1S/C18H30O2.C4H12N/c1-2-3-4-5-6-7-8-9-10-11-12-13-14-15-16-17-18(19)20;1-5(2,3)4/h3-4,6-7,9-10H,2,5,8,11-17H2,1H3,(H,19,20);1-4H3/q;+1/p-1/b4-3-,7-6-,10-9-;. The predicted molar refractivity (Wildman–Crippen MR) is 108 cm³/mol. The van der Waals surface area contributed by atoms with Gasteiger partial charge >= 0.3 is 0 Å². The maximum Gasteiger partial charge on any atom is 0.0675 e. The average Bonchev–Trinajstić information content (AvgIpc) is 2.49. The third-order valence-corrected chi connectivity index (χ3v) is 3.03. The van der Waals surface area contributed by atoms with Crippen molar-refractivity contribution in [3.63, 3.8) is 0 Å². The molecule has 25 heavy (non-hydrogen) atoms. The van der Waals surface area contributed by atoms with Gasteiger partial charge in [-0.15, -0.1) is 0 Å². The first kappa shape index (κ1) is 25.9. The molecule has 0 atom stereocenters. The summed E-state index contributed by atoms with van der Waals surface area (Å²) in [6.07, 6.45) is 23.0. The Morgan fingerprint density at radius 3 is 1.72 bits per heavy atom. The lowest BCUT2D eigenvalue weighted by Crippen LogP contribution is -2.27. The van der Waals surface area contributed by atoms with Crippen LogP contribution in [0.5, 0.6) is 0 Å². The first-order valence-electron chi connectivity index (χ1n) is 9.71. The number of allylic oxidation sites excluding steroid dienone is 6. The van der Waals surface area contributed by atoms with Crippen molar-refractivity contribution < 1.29 is 14.4 Å². The van der Waals surface area contributed by atoms with Crippen LogP contribution in [0.25, 0.3) is 0 Å². The minimum atomic E-state index is -0.925. The van der Waals surface area contributed by atoms with Crippen molar-refractivity contribution in [2.45, 2.75) is 71.1 Å². The van der Waals surface area contributed by atoms with Gasteiger partial charge in [0, 0.05) is 5.97 Å². The lowest BCUT2D eigenvalue weighted by molar-refractivity contribution is -0.849. The highest BCUT2D eigenvalue weighted by Gasteiger charge is 1.90. The number of carboxylic acid groups (broad SMARTS) is 1. The summed E-state index contributed by atoms with van der Waals surface area (Å²) < 4.78 is 1.00. The van der Waals surface area contributed by atoms with Crippen LogP contribution in [0, 0.1) is 0 Å². The number of unbranched alkanes of at least 4 members (excludes halogenated alkanes) is 5. The molecule has 0 aromatic carbocycles. The van der Waals surface area contributed by atoms with Gasteiger partial charge in [0.1, 0.15) is 0 Å². The minimum absolute atomic E-state index is 0.208. The second-order valence-electron chi connectivity index (χ2n) is 7.66. The molecule has 3 heteroatoms. The Balaban J connectivity index is 0. The monoisotopic (exact) mass is 351 g/mol. The van der Waals surface area contributed by atoms with Crippen LogP contribution in [-0.4, -0.2) is 38.6 Å². The molecule has 0 saturated heterocycles. The van der Waals surface area contributed by atoms with Gasteiger partial charge < -0.3 is 14.4 Å². The molecule has 0 radical (unpaired) electrons. The fourth-order valence-electron chi connectivity index (χ4n) is 1.89. The van der Waals surface area contributed by atoms with Crippen LogP contribution in [0.1, 0.15) is 71.1 Å². The molecule has 0 unspecified atom stereocenters. The van der Waals surface area contributed by atoms with E-state index in [9.17, 15) is 9.90 Å². The van der Waals surface area contributed by atoms with Crippen molar-refractivity contribution >= 4 is 5.97 Å². The second kappa shape index (κ2) is 19.0. The maximum atomic E-state index is 10.2. The predicted octanol–water partition coefficient (Wildman–Crippen LogP) is 4.65. The number of carbonyl (C=O) groups excluding carboxylic acids is 1. The third kappa shape index (κ3) is 39.4. The first-order chi connectivity index (χ1) is 11.8. The number of carboxylic acids is 1. The Kier molecular flexibility index (Phi) is 19.7. The molecular formula is C22H41NO2. The molecule has 0 N–H and O–H groups in total. The van der Waals surface area contributed by atoms with Gasteiger partial charge in [0.2, 0.25) is 0 Å². The molecule has 0 aliphatic carbocycles. The van der Waals surface area contributed by atoms with E-state index in [1.54, 1.807) is 0 Å². The van der Waals surface area contributed by atoms with E-state index < -0.39 is 5.97 Å². The van der Waals surface area contributed by atoms with Crippen molar-refractivity contribution in [3.8, 4) is 0 Å². The SMILES string of the molecule is CC/C=C\C/C=C\C/C=C\CCCCCCCC(=O)[O-].C[N+](C)(C)C. The number of aliphatic carboxylic acids is 1. The molecule has 0 amide bonds. The summed E-state index contributed by atoms with van der Waals surface area (Å²) in [6, 6.07) is 0. The molecule has 0 heterocycles. The summed E-state index contributed by atoms with van der Waals surface area (Å²) in [4.78, 5) is 10.2. The molecule has 0 aromatic rings. The Labute approximate surface area is 156 Å². The fourth-order valence-corrected chi connectivity index (χ4v) is 1.89. The number of hydrogen-bond acceptors (Lipinski definition) is 2. The molecule has 0 rings (SSSR count). The van der Waals surface area contributed by atoms with Crippen molar-refractivity contribution in [2.75, 3.05) is 28.2 Å². The fraction of sp³-hybridized carbons (Fsp3) is 0.682. The highest BCUT2D eigenvalue weighted by molar-refractivity contribution is 5.63. The molecule has 0 aliphatic heterocycles. The van der Waals surface area contributed by atoms with Crippen LogP contribution in [0.2, 0.25) is 0 Å². The summed E-state index contributed by atoms with van der Waals surface area (Å²) >= 11 is 0. The number of carbonyl (C=O) groups is 1. The quantitative estimate of drug-likeness (QED) is 0.275. The smallest absolute Gasteiger partial charge is 0.0675 e. The number of hydrogen-bond donors (Lipinski definition) is 0. The molecule has 0 bridgehead atoms. The van der Waals surface area contributed by atoms with E-state index >= 15 is 0 Å². The van der Waals surface area contributed by atoms with Crippen LogP contribution in [0.3, 0.4) is 0 Å². The van der Waals surface area contributed by atoms with Gasteiger partial charge in [0.05, 0.1) is 28.2 Å². The van der Waals surface area contributed by atoms with Gasteiger partial charge in [-0.2, -0.15) is 0 Å². The zero-order valence-corrected chi connectivity index (χ0v) is 17.3. The van der Waals surface area contributed by atoms with Gasteiger partial charge in [-0.1, -0.05) is 62.6 Å². The Morgan fingerprint density at radius 1 is 0.760 bits per heavy atom. The van der Waals surface area contributed by atoms with E-state index in [1.165, 1.54) is 12.8 Å². The largest absolute Gasteiger partial charge is 0.550 e. The van der Waals surface area contributed by atoms with Crippen LogP contribution in [0.15, 0.2) is 36.5 Å². The van der Waals surface area contributed by atoms with Gasteiger partial charge in [0.25, 0.3) is 0 Å². The second-order valence-corrected chi connectivity index (χ2v) is 7.66. The van der Waals surface area contributed by atoms with Crippen molar-refractivity contribution in [2.24, 2.45) is 0 Å². The first-order valence-corrected chi connectivity index (χ1v) is 9.71. The lowest BCUT2D eigenvalue weighted by atomic mass is 10.1. The molecule has 0 spiro atoms. The Hall–Kier alpha value is -1.35. The van der Waals surface area contributed by atoms with E-state index in [0.717, 1.165) is 49.4 Å². The maximum absolute atomic E-state index is 10.2. The summed E-state index contributed by atoms with van der Waals surface area (Å²) in [6.45, 7) is 2.15. The van der Waals surface area contributed by atoms with Crippen LogP contribution >= 0.6 is 0 Å². The normalized spacial score (nSPS) is 12.0. The molecule has 0 aromatic heterocycles. The molecule has 0 fully saturated rings. The molecule has 146 valence electrons. The highest BCUT2D eigenvalue weighted by atomic mass is 16.4. The van der Waals surface area contributed by atoms with Gasteiger partial charge in [0.15, 0.2) is 0 Å².